The van der Waals surface area contributed by atoms with Crippen molar-refractivity contribution in [1.29, 1.82) is 0 Å². The van der Waals surface area contributed by atoms with Crippen molar-refractivity contribution in [2.45, 2.75) is 46.6 Å². The molecule has 1 saturated heterocycles. The number of carboxylic acid groups (broad SMARTS) is 1. The van der Waals surface area contributed by atoms with Gasteiger partial charge in [0.1, 0.15) is 0 Å². The largest absolute Gasteiger partial charge is 0.481 e. The molecule has 0 spiro atoms. The SMILES string of the molecule is CC(NCC(=O)N1CCC(C(=O)O)CC1)C(C)(C)C. The quantitative estimate of drug-likeness (QED) is 0.808. The van der Waals surface area contributed by atoms with E-state index >= 15 is 0 Å². The summed E-state index contributed by atoms with van der Waals surface area (Å²) in [5.41, 5.74) is 0.122. The van der Waals surface area contributed by atoms with Crippen LogP contribution in [0.25, 0.3) is 0 Å². The number of piperidine rings is 1. The van der Waals surface area contributed by atoms with Crippen molar-refractivity contribution < 1.29 is 14.7 Å². The number of nitrogens with zero attached hydrogens (tertiary/aromatic N) is 1. The Morgan fingerprint density at radius 3 is 2.26 bits per heavy atom. The zero-order chi connectivity index (χ0) is 14.6. The summed E-state index contributed by atoms with van der Waals surface area (Å²) in [7, 11) is 0. The van der Waals surface area contributed by atoms with Crippen molar-refractivity contribution in [3.63, 3.8) is 0 Å². The van der Waals surface area contributed by atoms with Gasteiger partial charge in [-0.25, -0.2) is 0 Å². The summed E-state index contributed by atoms with van der Waals surface area (Å²) in [6.45, 7) is 9.91. The molecule has 0 saturated carbocycles. The van der Waals surface area contributed by atoms with Crippen LogP contribution in [-0.2, 0) is 9.59 Å². The lowest BCUT2D eigenvalue weighted by Gasteiger charge is -2.32. The molecule has 1 atom stereocenters. The van der Waals surface area contributed by atoms with E-state index in [9.17, 15) is 9.59 Å². The average Bonchev–Trinajstić information content (AvgIpc) is 2.34. The maximum Gasteiger partial charge on any atom is 0.306 e. The Kier molecular flexibility index (Phi) is 5.35. The van der Waals surface area contributed by atoms with Gasteiger partial charge >= 0.3 is 5.97 Å². The molecule has 5 heteroatoms. The zero-order valence-corrected chi connectivity index (χ0v) is 12.4. The Hall–Kier alpha value is -1.10. The molecule has 0 bridgehead atoms. The summed E-state index contributed by atoms with van der Waals surface area (Å²) < 4.78 is 0. The van der Waals surface area contributed by atoms with Crippen molar-refractivity contribution in [3.05, 3.63) is 0 Å². The van der Waals surface area contributed by atoms with Crippen LogP contribution in [0.3, 0.4) is 0 Å². The molecule has 1 rings (SSSR count). The van der Waals surface area contributed by atoms with Gasteiger partial charge in [0.15, 0.2) is 0 Å². The van der Waals surface area contributed by atoms with Gasteiger partial charge in [-0.3, -0.25) is 9.59 Å². The number of aliphatic carboxylic acids is 1. The van der Waals surface area contributed by atoms with Gasteiger partial charge in [-0.05, 0) is 25.2 Å². The van der Waals surface area contributed by atoms with Crippen LogP contribution in [0.15, 0.2) is 0 Å². The summed E-state index contributed by atoms with van der Waals surface area (Å²) in [5.74, 6) is -0.961. The number of amides is 1. The monoisotopic (exact) mass is 270 g/mol. The fraction of sp³-hybridized carbons (Fsp3) is 0.857. The summed E-state index contributed by atoms with van der Waals surface area (Å²) in [6.07, 6.45) is 1.13. The lowest BCUT2D eigenvalue weighted by molar-refractivity contribution is -0.145. The topological polar surface area (TPSA) is 69.6 Å². The van der Waals surface area contributed by atoms with Crippen LogP contribution in [0.1, 0.15) is 40.5 Å². The second-order valence-corrected chi connectivity index (χ2v) is 6.46. The van der Waals surface area contributed by atoms with E-state index in [0.29, 0.717) is 32.5 Å². The van der Waals surface area contributed by atoms with Crippen molar-refractivity contribution >= 4 is 11.9 Å². The highest BCUT2D eigenvalue weighted by Crippen LogP contribution is 2.19. The van der Waals surface area contributed by atoms with Crippen LogP contribution in [-0.4, -0.2) is 47.6 Å². The third-order valence-electron chi connectivity index (χ3n) is 4.06. The van der Waals surface area contributed by atoms with E-state index in [-0.39, 0.29) is 23.3 Å². The van der Waals surface area contributed by atoms with Crippen molar-refractivity contribution in [2.24, 2.45) is 11.3 Å². The Bertz CT molecular complexity index is 328. The van der Waals surface area contributed by atoms with Crippen LogP contribution < -0.4 is 5.32 Å². The van der Waals surface area contributed by atoms with Crippen molar-refractivity contribution in [3.8, 4) is 0 Å². The van der Waals surface area contributed by atoms with Gasteiger partial charge in [0, 0.05) is 19.1 Å². The third-order valence-corrected chi connectivity index (χ3v) is 4.06. The van der Waals surface area contributed by atoms with E-state index < -0.39 is 5.97 Å². The van der Waals surface area contributed by atoms with Crippen LogP contribution in [0, 0.1) is 11.3 Å². The molecule has 0 radical (unpaired) electrons. The summed E-state index contributed by atoms with van der Waals surface area (Å²) in [6, 6.07) is 0.257. The molecule has 0 aromatic carbocycles. The number of likely N-dealkylation sites (tertiary alicyclic amines) is 1. The van der Waals surface area contributed by atoms with E-state index in [0.717, 1.165) is 0 Å². The van der Waals surface area contributed by atoms with Crippen molar-refractivity contribution in [1.82, 2.24) is 10.2 Å². The highest BCUT2D eigenvalue weighted by Gasteiger charge is 2.27. The van der Waals surface area contributed by atoms with E-state index in [1.807, 2.05) is 0 Å². The number of nitrogens with one attached hydrogen (secondary N) is 1. The summed E-state index contributed by atoms with van der Waals surface area (Å²) in [5, 5.41) is 12.2. The van der Waals surface area contributed by atoms with E-state index in [1.165, 1.54) is 0 Å². The van der Waals surface area contributed by atoms with Gasteiger partial charge < -0.3 is 15.3 Å². The molecule has 2 N–H and O–H groups in total. The number of hydrogen-bond acceptors (Lipinski definition) is 3. The first-order valence-corrected chi connectivity index (χ1v) is 6.95. The molecule has 1 aliphatic heterocycles. The first-order chi connectivity index (χ1) is 8.71. The number of carbonyl (C=O) groups is 2. The minimum Gasteiger partial charge on any atom is -0.481 e. The number of carbonyl (C=O) groups excluding carboxylic acids is 1. The highest BCUT2D eigenvalue weighted by molar-refractivity contribution is 5.79. The molecule has 1 heterocycles. The molecule has 1 unspecified atom stereocenters. The molecule has 110 valence electrons. The number of hydrogen-bond donors (Lipinski definition) is 2. The lowest BCUT2D eigenvalue weighted by Crippen LogP contribution is -2.47. The molecule has 0 aliphatic carbocycles. The maximum atomic E-state index is 12.0. The fourth-order valence-corrected chi connectivity index (χ4v) is 2.03. The predicted molar refractivity (Wildman–Crippen MR) is 73.9 cm³/mol. The van der Waals surface area contributed by atoms with E-state index in [4.69, 9.17) is 5.11 Å². The zero-order valence-electron chi connectivity index (χ0n) is 12.4. The molecule has 1 fully saturated rings. The summed E-state index contributed by atoms with van der Waals surface area (Å²) >= 11 is 0. The molecule has 5 nitrogen and oxygen atoms in total. The van der Waals surface area contributed by atoms with Gasteiger partial charge in [-0.15, -0.1) is 0 Å². The number of rotatable bonds is 4. The van der Waals surface area contributed by atoms with Gasteiger partial charge in [-0.1, -0.05) is 20.8 Å². The van der Waals surface area contributed by atoms with Gasteiger partial charge in [-0.2, -0.15) is 0 Å². The lowest BCUT2D eigenvalue weighted by atomic mass is 9.88. The van der Waals surface area contributed by atoms with E-state index in [2.05, 4.69) is 33.0 Å². The van der Waals surface area contributed by atoms with Crippen molar-refractivity contribution in [2.75, 3.05) is 19.6 Å². The average molecular weight is 270 g/mol. The minimum absolute atomic E-state index is 0.0694. The molecule has 0 aromatic heterocycles. The van der Waals surface area contributed by atoms with Crippen LogP contribution >= 0.6 is 0 Å². The third kappa shape index (κ3) is 4.82. The molecule has 1 aliphatic rings. The number of carboxylic acids is 1. The van der Waals surface area contributed by atoms with Gasteiger partial charge in [0.25, 0.3) is 0 Å². The molecule has 1 amide bonds. The van der Waals surface area contributed by atoms with Crippen LogP contribution in [0.5, 0.6) is 0 Å². The Morgan fingerprint density at radius 2 is 1.84 bits per heavy atom. The van der Waals surface area contributed by atoms with E-state index in [1.54, 1.807) is 4.90 Å². The standard InChI is InChI=1S/C14H26N2O3/c1-10(14(2,3)4)15-9-12(17)16-7-5-11(6-8-16)13(18)19/h10-11,15H,5-9H2,1-4H3,(H,18,19). The smallest absolute Gasteiger partial charge is 0.306 e. The second kappa shape index (κ2) is 6.37. The maximum absolute atomic E-state index is 12.0. The fourth-order valence-electron chi connectivity index (χ4n) is 2.03. The first-order valence-electron chi connectivity index (χ1n) is 6.95. The van der Waals surface area contributed by atoms with Gasteiger partial charge in [0.05, 0.1) is 12.5 Å². The normalized spacial score (nSPS) is 19.3. The molecular weight excluding hydrogens is 244 g/mol. The Balaban J connectivity index is 2.34. The van der Waals surface area contributed by atoms with Gasteiger partial charge in [0.2, 0.25) is 5.91 Å². The highest BCUT2D eigenvalue weighted by atomic mass is 16.4. The Morgan fingerprint density at radius 1 is 1.32 bits per heavy atom. The molecule has 0 aromatic rings. The summed E-state index contributed by atoms with van der Waals surface area (Å²) in [4.78, 5) is 24.6. The minimum atomic E-state index is -0.744. The first kappa shape index (κ1) is 16.0. The Labute approximate surface area is 115 Å². The molecule has 19 heavy (non-hydrogen) atoms. The van der Waals surface area contributed by atoms with Crippen LogP contribution in [0.2, 0.25) is 0 Å². The predicted octanol–water partition coefficient (Wildman–Crippen LogP) is 1.33. The second-order valence-electron chi connectivity index (χ2n) is 6.46. The molecular formula is C14H26N2O3. The van der Waals surface area contributed by atoms with Crippen LogP contribution in [0.4, 0.5) is 0 Å².